The molecule has 1 N–H and O–H groups in total. The molecule has 0 spiro atoms. The Kier molecular flexibility index (Phi) is 19.5. The second-order valence-electron chi connectivity index (χ2n) is 4.76. The molecule has 0 rings (SSSR count). The summed E-state index contributed by atoms with van der Waals surface area (Å²) in [6.45, 7) is 9.99. The van der Waals surface area contributed by atoms with Gasteiger partial charge in [-0.05, 0) is 13.3 Å². The minimum atomic E-state index is -0.680. The van der Waals surface area contributed by atoms with Gasteiger partial charge in [0.15, 0.2) is 6.29 Å². The van der Waals surface area contributed by atoms with Crippen molar-refractivity contribution in [3.63, 3.8) is 0 Å². The average Bonchev–Trinajstić information content (AvgIpc) is 2.54. The lowest BCUT2D eigenvalue weighted by Gasteiger charge is -2.11. The molecule has 0 aliphatic rings. The maximum Gasteiger partial charge on any atom is 0.154 e. The van der Waals surface area contributed by atoms with Crippen LogP contribution >= 0.6 is 0 Å². The van der Waals surface area contributed by atoms with Crippen LogP contribution in [-0.4, -0.2) is 84.1 Å². The van der Waals surface area contributed by atoms with Gasteiger partial charge in [0.2, 0.25) is 0 Å². The van der Waals surface area contributed by atoms with E-state index in [-0.39, 0.29) is 0 Å². The van der Waals surface area contributed by atoms with Crippen LogP contribution in [0, 0.1) is 0 Å². The first-order chi connectivity index (χ1) is 11.3. The Hall–Kier alpha value is -0.280. The summed E-state index contributed by atoms with van der Waals surface area (Å²) in [5.41, 5.74) is 0. The molecule has 1 unspecified atom stereocenters. The summed E-state index contributed by atoms with van der Waals surface area (Å²) in [4.78, 5) is 0. The van der Waals surface area contributed by atoms with Gasteiger partial charge in [-0.15, -0.1) is 0 Å². The van der Waals surface area contributed by atoms with E-state index in [0.717, 1.165) is 13.0 Å². The van der Waals surface area contributed by atoms with Gasteiger partial charge >= 0.3 is 0 Å². The van der Waals surface area contributed by atoms with Crippen LogP contribution in [0.1, 0.15) is 26.7 Å². The number of aliphatic hydroxyl groups excluding tert-OH is 1. The summed E-state index contributed by atoms with van der Waals surface area (Å²) in [5, 5.41) is 9.33. The third-order valence-corrected chi connectivity index (χ3v) is 2.77. The number of ether oxygens (including phenoxy) is 6. The molecule has 0 fully saturated rings. The predicted octanol–water partition coefficient (Wildman–Crippen LogP) is 1.22. The van der Waals surface area contributed by atoms with Crippen molar-refractivity contribution in [1.29, 1.82) is 0 Å². The Labute approximate surface area is 140 Å². The third-order valence-electron chi connectivity index (χ3n) is 2.77. The largest absolute Gasteiger partial charge is 0.379 e. The second kappa shape index (κ2) is 19.8. The molecule has 140 valence electrons. The van der Waals surface area contributed by atoms with E-state index in [2.05, 4.69) is 0 Å². The Balaban J connectivity index is 3.00. The number of aliphatic hydroxyl groups is 1. The van der Waals surface area contributed by atoms with Crippen molar-refractivity contribution < 1.29 is 33.5 Å². The van der Waals surface area contributed by atoms with Crippen LogP contribution in [0.3, 0.4) is 0 Å². The zero-order chi connectivity index (χ0) is 17.0. The van der Waals surface area contributed by atoms with Gasteiger partial charge in [-0.1, -0.05) is 13.3 Å². The predicted molar refractivity (Wildman–Crippen MR) is 86.6 cm³/mol. The van der Waals surface area contributed by atoms with Gasteiger partial charge in [0.25, 0.3) is 0 Å². The van der Waals surface area contributed by atoms with Crippen LogP contribution in [0.2, 0.25) is 0 Å². The lowest BCUT2D eigenvalue weighted by molar-refractivity contribution is -0.117. The lowest BCUT2D eigenvalue weighted by atomic mass is 10.3. The standard InChI is InChI=1S/C16H34O7/c1-3-5-16(17)23-15-14-22-13-12-21-11-10-20-9-8-19-7-6-18-4-2/h16-17H,3-15H2,1-2H3. The first-order valence-electron chi connectivity index (χ1n) is 8.49. The molecule has 0 heterocycles. The molecule has 1 atom stereocenters. The Morgan fingerprint density at radius 1 is 0.609 bits per heavy atom. The summed E-state index contributed by atoms with van der Waals surface area (Å²) in [6, 6.07) is 0. The van der Waals surface area contributed by atoms with E-state index < -0.39 is 6.29 Å². The molecule has 0 aromatic carbocycles. The molecule has 0 bridgehead atoms. The first-order valence-corrected chi connectivity index (χ1v) is 8.49. The number of hydrogen-bond acceptors (Lipinski definition) is 7. The zero-order valence-corrected chi connectivity index (χ0v) is 14.7. The van der Waals surface area contributed by atoms with Crippen LogP contribution in [-0.2, 0) is 28.4 Å². The van der Waals surface area contributed by atoms with Crippen LogP contribution in [0.25, 0.3) is 0 Å². The van der Waals surface area contributed by atoms with E-state index in [1.165, 1.54) is 0 Å². The summed E-state index contributed by atoms with van der Waals surface area (Å²) in [5.74, 6) is 0. The Morgan fingerprint density at radius 2 is 1.00 bits per heavy atom. The highest BCUT2D eigenvalue weighted by atomic mass is 16.6. The van der Waals surface area contributed by atoms with E-state index in [4.69, 9.17) is 28.4 Å². The van der Waals surface area contributed by atoms with Crippen molar-refractivity contribution in [2.75, 3.05) is 72.7 Å². The van der Waals surface area contributed by atoms with Gasteiger partial charge in [-0.25, -0.2) is 0 Å². The molecule has 7 heteroatoms. The van der Waals surface area contributed by atoms with E-state index in [9.17, 15) is 5.11 Å². The molecule has 0 amide bonds. The van der Waals surface area contributed by atoms with Crippen molar-refractivity contribution in [2.24, 2.45) is 0 Å². The average molecular weight is 338 g/mol. The summed E-state index contributed by atoms with van der Waals surface area (Å²) >= 11 is 0. The van der Waals surface area contributed by atoms with Crippen molar-refractivity contribution in [1.82, 2.24) is 0 Å². The topological polar surface area (TPSA) is 75.6 Å². The van der Waals surface area contributed by atoms with Crippen LogP contribution in [0.5, 0.6) is 0 Å². The van der Waals surface area contributed by atoms with Gasteiger partial charge in [-0.3, -0.25) is 0 Å². The molecule has 0 aliphatic carbocycles. The van der Waals surface area contributed by atoms with Gasteiger partial charge in [0.05, 0.1) is 66.1 Å². The first kappa shape index (κ1) is 22.7. The molecular formula is C16H34O7. The molecular weight excluding hydrogens is 304 g/mol. The highest BCUT2D eigenvalue weighted by Gasteiger charge is 2.01. The Bertz CT molecular complexity index is 217. The SMILES string of the molecule is CCCC(O)OCCOCCOCCOCCOCCOCC. The highest BCUT2D eigenvalue weighted by molar-refractivity contribution is 4.40. The van der Waals surface area contributed by atoms with Crippen molar-refractivity contribution in [3.05, 3.63) is 0 Å². The quantitative estimate of drug-likeness (QED) is 0.280. The van der Waals surface area contributed by atoms with Crippen molar-refractivity contribution in [3.8, 4) is 0 Å². The fraction of sp³-hybridized carbons (Fsp3) is 1.00. The molecule has 0 radical (unpaired) electrons. The third kappa shape index (κ3) is 19.7. The molecule has 0 aromatic heterocycles. The van der Waals surface area contributed by atoms with Gasteiger partial charge in [0, 0.05) is 6.61 Å². The van der Waals surface area contributed by atoms with Crippen LogP contribution in [0.15, 0.2) is 0 Å². The number of hydrogen-bond donors (Lipinski definition) is 1. The Morgan fingerprint density at radius 3 is 1.39 bits per heavy atom. The molecule has 0 saturated carbocycles. The fourth-order valence-corrected chi connectivity index (χ4v) is 1.60. The van der Waals surface area contributed by atoms with E-state index in [1.807, 2.05) is 13.8 Å². The van der Waals surface area contributed by atoms with Crippen LogP contribution < -0.4 is 0 Å². The van der Waals surface area contributed by atoms with Gasteiger partial charge in [-0.2, -0.15) is 0 Å². The minimum absolute atomic E-state index is 0.396. The summed E-state index contributed by atoms with van der Waals surface area (Å²) < 4.78 is 31.6. The molecule has 0 aromatic rings. The zero-order valence-electron chi connectivity index (χ0n) is 14.7. The second-order valence-corrected chi connectivity index (χ2v) is 4.76. The van der Waals surface area contributed by atoms with Gasteiger partial charge in [0.1, 0.15) is 0 Å². The smallest absolute Gasteiger partial charge is 0.154 e. The molecule has 0 aliphatic heterocycles. The molecule has 0 saturated heterocycles. The fourth-order valence-electron chi connectivity index (χ4n) is 1.60. The summed E-state index contributed by atoms with van der Waals surface area (Å²) in [7, 11) is 0. The molecule has 23 heavy (non-hydrogen) atoms. The maximum atomic E-state index is 9.33. The molecule has 7 nitrogen and oxygen atoms in total. The summed E-state index contributed by atoms with van der Waals surface area (Å²) in [6.07, 6.45) is 0.873. The number of rotatable bonds is 19. The minimum Gasteiger partial charge on any atom is -0.379 e. The normalized spacial score (nSPS) is 12.7. The van der Waals surface area contributed by atoms with Gasteiger partial charge < -0.3 is 33.5 Å². The maximum absolute atomic E-state index is 9.33. The van der Waals surface area contributed by atoms with E-state index in [1.54, 1.807) is 0 Å². The van der Waals surface area contributed by atoms with Crippen molar-refractivity contribution >= 4 is 0 Å². The highest BCUT2D eigenvalue weighted by Crippen LogP contribution is 1.97. The lowest BCUT2D eigenvalue weighted by Crippen LogP contribution is -2.17. The van der Waals surface area contributed by atoms with E-state index >= 15 is 0 Å². The van der Waals surface area contributed by atoms with E-state index in [0.29, 0.717) is 72.5 Å². The van der Waals surface area contributed by atoms with Crippen LogP contribution in [0.4, 0.5) is 0 Å². The monoisotopic (exact) mass is 338 g/mol. The van der Waals surface area contributed by atoms with Crippen molar-refractivity contribution in [2.45, 2.75) is 33.0 Å².